The van der Waals surface area contributed by atoms with Gasteiger partial charge in [0.25, 0.3) is 0 Å². The second-order valence-corrected chi connectivity index (χ2v) is 6.74. The van der Waals surface area contributed by atoms with Crippen LogP contribution in [-0.2, 0) is 0 Å². The molecule has 2 rings (SSSR count). The maximum atomic E-state index is 3.41. The number of hydrogen-bond acceptors (Lipinski definition) is 1. The standard InChI is InChI=1S/C19H31N/c1-5-6-16-8-10-18(13-20-4)19(12-16)17-9-7-14(2)15(3)11-17/h7,9,11,16,18-20H,5-6,8,10,12-13H2,1-4H3. The number of aryl methyl sites for hydroxylation is 2. The van der Waals surface area contributed by atoms with E-state index in [2.05, 4.69) is 51.3 Å². The van der Waals surface area contributed by atoms with Crippen LogP contribution in [0.3, 0.4) is 0 Å². The van der Waals surface area contributed by atoms with Crippen LogP contribution in [0, 0.1) is 25.7 Å². The predicted molar refractivity (Wildman–Crippen MR) is 88.3 cm³/mol. The molecule has 1 aliphatic rings. The summed E-state index contributed by atoms with van der Waals surface area (Å²) in [5, 5.41) is 3.41. The van der Waals surface area contributed by atoms with Crippen molar-refractivity contribution in [3.8, 4) is 0 Å². The Morgan fingerprint density at radius 1 is 1.15 bits per heavy atom. The molecule has 20 heavy (non-hydrogen) atoms. The van der Waals surface area contributed by atoms with Crippen LogP contribution < -0.4 is 5.32 Å². The van der Waals surface area contributed by atoms with Crippen molar-refractivity contribution < 1.29 is 0 Å². The van der Waals surface area contributed by atoms with Gasteiger partial charge in [-0.05, 0) is 74.7 Å². The highest BCUT2D eigenvalue weighted by atomic mass is 14.8. The lowest BCUT2D eigenvalue weighted by atomic mass is 9.70. The Balaban J connectivity index is 2.19. The second kappa shape index (κ2) is 7.26. The van der Waals surface area contributed by atoms with Crippen LogP contribution in [0.25, 0.3) is 0 Å². The molecule has 1 fully saturated rings. The molecule has 3 atom stereocenters. The Labute approximate surface area is 125 Å². The van der Waals surface area contributed by atoms with Gasteiger partial charge >= 0.3 is 0 Å². The van der Waals surface area contributed by atoms with Gasteiger partial charge in [-0.3, -0.25) is 0 Å². The van der Waals surface area contributed by atoms with Crippen molar-refractivity contribution in [2.24, 2.45) is 11.8 Å². The van der Waals surface area contributed by atoms with Crippen LogP contribution in [0.2, 0.25) is 0 Å². The minimum absolute atomic E-state index is 0.757. The molecule has 0 radical (unpaired) electrons. The molecule has 0 aliphatic heterocycles. The maximum Gasteiger partial charge on any atom is -0.00177 e. The third-order valence-electron chi connectivity index (χ3n) is 5.22. The van der Waals surface area contributed by atoms with E-state index in [1.54, 1.807) is 5.56 Å². The number of nitrogens with one attached hydrogen (secondary N) is 1. The molecule has 112 valence electrons. The summed E-state index contributed by atoms with van der Waals surface area (Å²) in [6.07, 6.45) is 6.96. The third-order valence-corrected chi connectivity index (χ3v) is 5.22. The van der Waals surface area contributed by atoms with E-state index in [0.29, 0.717) is 0 Å². The van der Waals surface area contributed by atoms with E-state index in [1.165, 1.54) is 43.2 Å². The molecule has 1 nitrogen and oxygen atoms in total. The lowest BCUT2D eigenvalue weighted by Crippen LogP contribution is -2.30. The maximum absolute atomic E-state index is 3.41. The Morgan fingerprint density at radius 2 is 1.95 bits per heavy atom. The van der Waals surface area contributed by atoms with Crippen molar-refractivity contribution in [1.82, 2.24) is 5.32 Å². The van der Waals surface area contributed by atoms with Crippen LogP contribution in [0.5, 0.6) is 0 Å². The van der Waals surface area contributed by atoms with Gasteiger partial charge < -0.3 is 5.32 Å². The molecule has 0 heterocycles. The SMILES string of the molecule is CCCC1CCC(CNC)C(c2ccc(C)c(C)c2)C1. The highest BCUT2D eigenvalue weighted by Gasteiger charge is 2.30. The molecular weight excluding hydrogens is 242 g/mol. The summed E-state index contributed by atoms with van der Waals surface area (Å²) in [5.41, 5.74) is 4.44. The van der Waals surface area contributed by atoms with Crippen LogP contribution >= 0.6 is 0 Å². The molecule has 0 amide bonds. The van der Waals surface area contributed by atoms with Crippen molar-refractivity contribution in [1.29, 1.82) is 0 Å². The molecule has 0 spiro atoms. The summed E-state index contributed by atoms with van der Waals surface area (Å²) in [5.74, 6) is 2.52. The van der Waals surface area contributed by atoms with Crippen LogP contribution in [0.4, 0.5) is 0 Å². The monoisotopic (exact) mass is 273 g/mol. The fraction of sp³-hybridized carbons (Fsp3) is 0.684. The lowest BCUT2D eigenvalue weighted by molar-refractivity contribution is 0.223. The van der Waals surface area contributed by atoms with Gasteiger partial charge in [-0.1, -0.05) is 44.4 Å². The minimum Gasteiger partial charge on any atom is -0.319 e. The molecule has 0 saturated heterocycles. The zero-order valence-electron chi connectivity index (χ0n) is 13.7. The quantitative estimate of drug-likeness (QED) is 0.811. The first-order chi connectivity index (χ1) is 9.65. The summed E-state index contributed by atoms with van der Waals surface area (Å²) in [7, 11) is 2.09. The zero-order chi connectivity index (χ0) is 14.5. The summed E-state index contributed by atoms with van der Waals surface area (Å²) in [6, 6.07) is 7.13. The smallest absolute Gasteiger partial charge is 0.00177 e. The topological polar surface area (TPSA) is 12.0 Å². The molecule has 1 N–H and O–H groups in total. The fourth-order valence-electron chi connectivity index (χ4n) is 3.90. The lowest BCUT2D eigenvalue weighted by Gasteiger charge is -2.37. The van der Waals surface area contributed by atoms with E-state index in [0.717, 1.165) is 24.3 Å². The normalized spacial score (nSPS) is 26.7. The summed E-state index contributed by atoms with van der Waals surface area (Å²) < 4.78 is 0. The van der Waals surface area contributed by atoms with Gasteiger partial charge in [0.2, 0.25) is 0 Å². The molecule has 1 heteroatoms. The first-order valence-electron chi connectivity index (χ1n) is 8.37. The second-order valence-electron chi connectivity index (χ2n) is 6.74. The van der Waals surface area contributed by atoms with Crippen molar-refractivity contribution in [2.75, 3.05) is 13.6 Å². The average Bonchev–Trinajstić information content (AvgIpc) is 2.44. The summed E-state index contributed by atoms with van der Waals surface area (Å²) >= 11 is 0. The van der Waals surface area contributed by atoms with Crippen molar-refractivity contribution in [2.45, 2.75) is 58.8 Å². The number of rotatable bonds is 5. The molecular formula is C19H31N. The van der Waals surface area contributed by atoms with Gasteiger partial charge in [-0.15, -0.1) is 0 Å². The van der Waals surface area contributed by atoms with Gasteiger partial charge in [-0.25, -0.2) is 0 Å². The highest BCUT2D eigenvalue weighted by molar-refractivity contribution is 5.32. The molecule has 1 aromatic rings. The molecule has 1 saturated carbocycles. The van der Waals surface area contributed by atoms with E-state index in [-0.39, 0.29) is 0 Å². The molecule has 1 aromatic carbocycles. The largest absolute Gasteiger partial charge is 0.319 e. The highest BCUT2D eigenvalue weighted by Crippen LogP contribution is 2.42. The Hall–Kier alpha value is -0.820. The van der Waals surface area contributed by atoms with Gasteiger partial charge in [0, 0.05) is 0 Å². The van der Waals surface area contributed by atoms with Gasteiger partial charge in [0.15, 0.2) is 0 Å². The van der Waals surface area contributed by atoms with E-state index < -0.39 is 0 Å². The number of hydrogen-bond donors (Lipinski definition) is 1. The van der Waals surface area contributed by atoms with E-state index in [4.69, 9.17) is 0 Å². The Bertz CT molecular complexity index is 424. The predicted octanol–water partition coefficient (Wildman–Crippen LogP) is 4.82. The van der Waals surface area contributed by atoms with Crippen molar-refractivity contribution in [3.63, 3.8) is 0 Å². The summed E-state index contributed by atoms with van der Waals surface area (Å²) in [4.78, 5) is 0. The van der Waals surface area contributed by atoms with E-state index in [9.17, 15) is 0 Å². The summed E-state index contributed by atoms with van der Waals surface area (Å²) in [6.45, 7) is 7.95. The number of benzene rings is 1. The van der Waals surface area contributed by atoms with Crippen molar-refractivity contribution >= 4 is 0 Å². The van der Waals surface area contributed by atoms with Crippen LogP contribution in [-0.4, -0.2) is 13.6 Å². The van der Waals surface area contributed by atoms with Crippen LogP contribution in [0.1, 0.15) is 61.6 Å². The molecule has 1 aliphatic carbocycles. The van der Waals surface area contributed by atoms with E-state index >= 15 is 0 Å². The molecule has 0 aromatic heterocycles. The minimum atomic E-state index is 0.757. The zero-order valence-corrected chi connectivity index (χ0v) is 13.7. The Kier molecular flexibility index (Phi) is 5.65. The van der Waals surface area contributed by atoms with Crippen LogP contribution in [0.15, 0.2) is 18.2 Å². The molecule has 0 bridgehead atoms. The first-order valence-corrected chi connectivity index (χ1v) is 8.37. The first kappa shape index (κ1) is 15.6. The van der Waals surface area contributed by atoms with Gasteiger partial charge in [0.05, 0.1) is 0 Å². The molecule has 3 unspecified atom stereocenters. The average molecular weight is 273 g/mol. The van der Waals surface area contributed by atoms with Gasteiger partial charge in [-0.2, -0.15) is 0 Å². The third kappa shape index (κ3) is 3.63. The van der Waals surface area contributed by atoms with Crippen molar-refractivity contribution in [3.05, 3.63) is 34.9 Å². The fourth-order valence-corrected chi connectivity index (χ4v) is 3.90. The Morgan fingerprint density at radius 3 is 2.60 bits per heavy atom. The van der Waals surface area contributed by atoms with Gasteiger partial charge in [0.1, 0.15) is 0 Å². The van der Waals surface area contributed by atoms with E-state index in [1.807, 2.05) is 0 Å².